The average Bonchev–Trinajstić information content (AvgIpc) is 2.12. The van der Waals surface area contributed by atoms with Gasteiger partial charge in [-0.3, -0.25) is 0 Å². The summed E-state index contributed by atoms with van der Waals surface area (Å²) in [4.78, 5) is 0. The lowest BCUT2D eigenvalue weighted by Gasteiger charge is -1.67. The van der Waals surface area contributed by atoms with Crippen molar-refractivity contribution in [2.45, 2.75) is 6.10 Å². The second-order valence-electron chi connectivity index (χ2n) is 1.11. The molecule has 1 aliphatic rings. The number of epoxide rings is 1. The van der Waals surface area contributed by atoms with Crippen LogP contribution in [-0.2, 0) is 4.74 Å². The van der Waals surface area contributed by atoms with Crippen molar-refractivity contribution in [2.75, 3.05) is 12.5 Å². The van der Waals surface area contributed by atoms with Gasteiger partial charge in [-0.25, -0.2) is 0 Å². The molecule has 1 rings (SSSR count). The van der Waals surface area contributed by atoms with Gasteiger partial charge in [0.2, 0.25) is 0 Å². The number of ether oxygens (including phenoxy) is 1. The standard InChI is InChI=1S/C3H5ClO/c4-1-3-2-5-3/h3H,1-2H2/i1+1,2+1,3+1. The van der Waals surface area contributed by atoms with E-state index < -0.39 is 0 Å². The minimum atomic E-state index is 0.400. The summed E-state index contributed by atoms with van der Waals surface area (Å²) in [6.07, 6.45) is 0.400. The molecule has 0 aromatic carbocycles. The molecule has 1 atom stereocenters. The lowest BCUT2D eigenvalue weighted by Crippen LogP contribution is -1.80. The topological polar surface area (TPSA) is 12.5 Å². The van der Waals surface area contributed by atoms with Crippen LogP contribution in [0.4, 0.5) is 0 Å². The maximum absolute atomic E-state index is 5.27. The van der Waals surface area contributed by atoms with Crippen LogP contribution in [0.5, 0.6) is 0 Å². The molecule has 0 radical (unpaired) electrons. The SMILES string of the molecule is Cl[13CH2][13CH]1[13CH2]O1. The van der Waals surface area contributed by atoms with E-state index in [1.165, 1.54) is 0 Å². The van der Waals surface area contributed by atoms with Crippen LogP contribution in [0.25, 0.3) is 0 Å². The van der Waals surface area contributed by atoms with Crippen LogP contribution in [0.1, 0.15) is 0 Å². The van der Waals surface area contributed by atoms with E-state index in [2.05, 4.69) is 0 Å². The van der Waals surface area contributed by atoms with E-state index in [0.29, 0.717) is 12.0 Å². The van der Waals surface area contributed by atoms with Crippen LogP contribution in [-0.4, -0.2) is 18.6 Å². The van der Waals surface area contributed by atoms with Crippen molar-refractivity contribution < 1.29 is 4.74 Å². The highest BCUT2D eigenvalue weighted by Gasteiger charge is 2.19. The normalized spacial score (nSPS) is 34.2. The van der Waals surface area contributed by atoms with Gasteiger partial charge in [0.25, 0.3) is 0 Å². The Balaban J connectivity index is 2.00. The molecule has 0 aromatic heterocycles. The molecule has 1 fully saturated rings. The molecular formula is C3H5ClO. The van der Waals surface area contributed by atoms with Gasteiger partial charge in [0, 0.05) is 0 Å². The van der Waals surface area contributed by atoms with E-state index in [9.17, 15) is 0 Å². The lowest BCUT2D eigenvalue weighted by molar-refractivity contribution is 0.425. The average molecular weight is 95.5 g/mol. The summed E-state index contributed by atoms with van der Waals surface area (Å²) in [6.45, 7) is 0.878. The van der Waals surface area contributed by atoms with E-state index in [1.54, 1.807) is 0 Å². The van der Waals surface area contributed by atoms with Gasteiger partial charge < -0.3 is 4.74 Å². The molecule has 0 saturated carbocycles. The van der Waals surface area contributed by atoms with Crippen LogP contribution in [0.3, 0.4) is 0 Å². The van der Waals surface area contributed by atoms with Crippen molar-refractivity contribution in [2.24, 2.45) is 0 Å². The van der Waals surface area contributed by atoms with Crippen molar-refractivity contribution in [3.8, 4) is 0 Å². The van der Waals surface area contributed by atoms with E-state index in [1.807, 2.05) is 0 Å². The van der Waals surface area contributed by atoms with Crippen LogP contribution in [0, 0.1) is 0 Å². The number of hydrogen-bond acceptors (Lipinski definition) is 1. The number of rotatable bonds is 1. The zero-order valence-corrected chi connectivity index (χ0v) is 3.53. The first-order valence-corrected chi connectivity index (χ1v) is 2.14. The van der Waals surface area contributed by atoms with E-state index >= 15 is 0 Å². The monoisotopic (exact) mass is 95.0 g/mol. The van der Waals surface area contributed by atoms with Crippen LogP contribution >= 0.6 is 11.6 Å². The van der Waals surface area contributed by atoms with Crippen LogP contribution < -0.4 is 0 Å². The van der Waals surface area contributed by atoms with Crippen molar-refractivity contribution in [3.05, 3.63) is 0 Å². The Morgan fingerprint density at radius 3 is 2.60 bits per heavy atom. The zero-order chi connectivity index (χ0) is 3.70. The third kappa shape index (κ3) is 0.781. The van der Waals surface area contributed by atoms with Crippen molar-refractivity contribution >= 4 is 11.6 Å². The third-order valence-corrected chi connectivity index (χ3v) is 0.919. The summed E-state index contributed by atoms with van der Waals surface area (Å²) in [5.41, 5.74) is 0. The molecule has 5 heavy (non-hydrogen) atoms. The smallest absolute Gasteiger partial charge is 0.0944 e. The van der Waals surface area contributed by atoms with E-state index in [-0.39, 0.29) is 0 Å². The van der Waals surface area contributed by atoms with E-state index in [4.69, 9.17) is 16.3 Å². The fourth-order valence-electron chi connectivity index (χ4n) is 0.157. The number of alkyl halides is 1. The minimum absolute atomic E-state index is 0.400. The summed E-state index contributed by atoms with van der Waals surface area (Å²) in [5.74, 6) is 0.667. The van der Waals surface area contributed by atoms with Gasteiger partial charge >= 0.3 is 0 Å². The Labute approximate surface area is 35.9 Å². The molecular weight excluding hydrogens is 90.5 g/mol. The van der Waals surface area contributed by atoms with Crippen molar-refractivity contribution in [1.29, 1.82) is 0 Å². The summed E-state index contributed by atoms with van der Waals surface area (Å²) in [6, 6.07) is 0. The molecule has 0 aromatic rings. The molecule has 0 bridgehead atoms. The highest BCUT2D eigenvalue weighted by Crippen LogP contribution is 2.08. The second kappa shape index (κ2) is 1.15. The zero-order valence-electron chi connectivity index (χ0n) is 2.78. The highest BCUT2D eigenvalue weighted by atomic mass is 35.5. The first-order chi connectivity index (χ1) is 2.43. The molecule has 0 aliphatic carbocycles. The molecule has 1 heterocycles. The predicted octanol–water partition coefficient (Wildman–Crippen LogP) is 0.624. The molecule has 1 aliphatic heterocycles. The number of hydrogen-bond donors (Lipinski definition) is 0. The maximum atomic E-state index is 5.27. The Morgan fingerprint density at radius 1 is 2.00 bits per heavy atom. The van der Waals surface area contributed by atoms with Gasteiger partial charge in [-0.1, -0.05) is 0 Å². The minimum Gasteiger partial charge on any atom is -0.372 e. The fraction of sp³-hybridized carbons (Fsp3) is 1.00. The van der Waals surface area contributed by atoms with Gasteiger partial charge in [-0.05, 0) is 0 Å². The van der Waals surface area contributed by atoms with Gasteiger partial charge in [-0.2, -0.15) is 0 Å². The molecule has 0 N–H and O–H groups in total. The largest absolute Gasteiger partial charge is 0.372 e. The summed E-state index contributed by atoms with van der Waals surface area (Å²) in [7, 11) is 0. The Morgan fingerprint density at radius 2 is 2.60 bits per heavy atom. The summed E-state index contributed by atoms with van der Waals surface area (Å²) >= 11 is 5.27. The Bertz CT molecular complexity index is 33.9. The van der Waals surface area contributed by atoms with Crippen molar-refractivity contribution in [1.82, 2.24) is 0 Å². The van der Waals surface area contributed by atoms with Gasteiger partial charge in [0.05, 0.1) is 18.6 Å². The Kier molecular flexibility index (Phi) is 0.791. The quantitative estimate of drug-likeness (QED) is 0.264. The molecule has 1 saturated heterocycles. The summed E-state index contributed by atoms with van der Waals surface area (Å²) < 4.78 is 4.73. The van der Waals surface area contributed by atoms with E-state index in [0.717, 1.165) is 6.61 Å². The van der Waals surface area contributed by atoms with Gasteiger partial charge in [0.15, 0.2) is 0 Å². The van der Waals surface area contributed by atoms with Crippen LogP contribution in [0.15, 0.2) is 0 Å². The van der Waals surface area contributed by atoms with Crippen molar-refractivity contribution in [3.63, 3.8) is 0 Å². The fourth-order valence-corrected chi connectivity index (χ4v) is 0.335. The maximum Gasteiger partial charge on any atom is 0.0944 e. The molecule has 1 nitrogen and oxygen atoms in total. The molecule has 1 unspecified atom stereocenters. The first-order valence-electron chi connectivity index (χ1n) is 1.61. The highest BCUT2D eigenvalue weighted by molar-refractivity contribution is 6.18. The van der Waals surface area contributed by atoms with Crippen LogP contribution in [0.2, 0.25) is 0 Å². The molecule has 0 amide bonds. The molecule has 0 spiro atoms. The second-order valence-corrected chi connectivity index (χ2v) is 1.42. The first kappa shape index (κ1) is 3.44. The van der Waals surface area contributed by atoms with Gasteiger partial charge in [0.1, 0.15) is 0 Å². The predicted molar refractivity (Wildman–Crippen MR) is 20.5 cm³/mol. The lowest BCUT2D eigenvalue weighted by atomic mass is 11.6. The number of halogens is 1. The summed E-state index contributed by atoms with van der Waals surface area (Å²) in [5, 5.41) is 0. The van der Waals surface area contributed by atoms with Gasteiger partial charge in [-0.15, -0.1) is 11.6 Å². The molecule has 2 heteroatoms. The molecule has 30 valence electrons. The Hall–Kier alpha value is 0.250. The third-order valence-electron chi connectivity index (χ3n) is 0.574.